The van der Waals surface area contributed by atoms with Crippen molar-refractivity contribution in [3.63, 3.8) is 0 Å². The van der Waals surface area contributed by atoms with Crippen molar-refractivity contribution < 1.29 is 28.2 Å². The number of ether oxygens (including phenoxy) is 3. The van der Waals surface area contributed by atoms with Crippen molar-refractivity contribution >= 4 is 28.9 Å². The monoisotopic (exact) mass is 513 g/mol. The summed E-state index contributed by atoms with van der Waals surface area (Å²) in [6.45, 7) is 2.87. The molecule has 0 saturated carbocycles. The average molecular weight is 514 g/mol. The second-order valence-electron chi connectivity index (χ2n) is 8.33. The number of carbonyl (C=O) groups excluding carboxylic acids is 2. The van der Waals surface area contributed by atoms with Gasteiger partial charge >= 0.3 is 11.6 Å². The van der Waals surface area contributed by atoms with Crippen molar-refractivity contribution in [2.24, 2.45) is 0 Å². The summed E-state index contributed by atoms with van der Waals surface area (Å²) in [7, 11) is 1.55. The number of amides is 1. The molecular weight excluding hydrogens is 486 g/mol. The Labute approximate surface area is 219 Å². The van der Waals surface area contributed by atoms with Gasteiger partial charge in [-0.25, -0.2) is 9.59 Å². The fraction of sp³-hybridized carbons (Fsp3) is 0.167. The van der Waals surface area contributed by atoms with Crippen LogP contribution >= 0.6 is 0 Å². The van der Waals surface area contributed by atoms with Gasteiger partial charge in [0.25, 0.3) is 5.91 Å². The summed E-state index contributed by atoms with van der Waals surface area (Å²) in [6, 6.07) is 20.7. The Balaban J connectivity index is 1.42. The molecule has 8 nitrogen and oxygen atoms in total. The first kappa shape index (κ1) is 26.2. The lowest BCUT2D eigenvalue weighted by Gasteiger charge is -2.10. The predicted octanol–water partition coefficient (Wildman–Crippen LogP) is 5.14. The molecule has 1 amide bonds. The lowest BCUT2D eigenvalue weighted by molar-refractivity contribution is -0.128. The standard InChI is InChI=1S/C30H27NO7/c1-3-15-36-25-13-9-20(16-27(25)35-2)10-14-28(32)37-23-12-11-22-17-24(30(34)38-26(22)18-23)29(33)31-19-21-7-5-4-6-8-21/h4-14,16-18H,3,15,19H2,1-2H3,(H,31,33)/b14-10+. The minimum Gasteiger partial charge on any atom is -0.493 e. The van der Waals surface area contributed by atoms with E-state index in [2.05, 4.69) is 5.32 Å². The van der Waals surface area contributed by atoms with Crippen LogP contribution in [0.2, 0.25) is 0 Å². The van der Waals surface area contributed by atoms with E-state index in [-0.39, 0.29) is 23.4 Å². The van der Waals surface area contributed by atoms with Crippen molar-refractivity contribution in [3.8, 4) is 17.2 Å². The molecule has 1 N–H and O–H groups in total. The van der Waals surface area contributed by atoms with E-state index in [4.69, 9.17) is 18.6 Å². The molecule has 8 heteroatoms. The number of benzene rings is 3. The van der Waals surface area contributed by atoms with Gasteiger partial charge in [-0.2, -0.15) is 0 Å². The average Bonchev–Trinajstić information content (AvgIpc) is 2.94. The molecular formula is C30H27NO7. The van der Waals surface area contributed by atoms with Crippen LogP contribution in [0.15, 0.2) is 88.1 Å². The smallest absolute Gasteiger partial charge is 0.349 e. The van der Waals surface area contributed by atoms with E-state index >= 15 is 0 Å². The molecule has 4 rings (SSSR count). The number of esters is 1. The normalized spacial score (nSPS) is 10.9. The lowest BCUT2D eigenvalue weighted by atomic mass is 10.1. The van der Waals surface area contributed by atoms with Crippen molar-refractivity contribution in [2.45, 2.75) is 19.9 Å². The molecule has 0 aliphatic rings. The van der Waals surface area contributed by atoms with Gasteiger partial charge < -0.3 is 23.9 Å². The summed E-state index contributed by atoms with van der Waals surface area (Å²) in [5.74, 6) is 0.230. The molecule has 0 radical (unpaired) electrons. The Morgan fingerprint density at radius 3 is 2.55 bits per heavy atom. The minimum atomic E-state index is -0.785. The molecule has 0 atom stereocenters. The number of hydrogen-bond donors (Lipinski definition) is 1. The Morgan fingerprint density at radius 1 is 0.974 bits per heavy atom. The maximum Gasteiger partial charge on any atom is 0.349 e. The first-order valence-corrected chi connectivity index (χ1v) is 12.1. The summed E-state index contributed by atoms with van der Waals surface area (Å²) < 4.78 is 21.7. The molecule has 0 spiro atoms. The van der Waals surface area contributed by atoms with Crippen LogP contribution in [0.5, 0.6) is 17.2 Å². The van der Waals surface area contributed by atoms with E-state index < -0.39 is 17.5 Å². The number of rotatable bonds is 10. The molecule has 194 valence electrons. The lowest BCUT2D eigenvalue weighted by Crippen LogP contribution is -2.27. The van der Waals surface area contributed by atoms with E-state index in [1.54, 1.807) is 43.5 Å². The maximum atomic E-state index is 12.5. The van der Waals surface area contributed by atoms with Gasteiger partial charge in [0.15, 0.2) is 11.5 Å². The highest BCUT2D eigenvalue weighted by molar-refractivity contribution is 5.97. The van der Waals surface area contributed by atoms with E-state index in [0.29, 0.717) is 23.5 Å². The highest BCUT2D eigenvalue weighted by Gasteiger charge is 2.14. The molecule has 3 aromatic carbocycles. The van der Waals surface area contributed by atoms with Crippen LogP contribution in [0, 0.1) is 0 Å². The number of methoxy groups -OCH3 is 1. The molecule has 4 aromatic rings. The van der Waals surface area contributed by atoms with E-state index in [1.165, 1.54) is 18.2 Å². The second-order valence-corrected chi connectivity index (χ2v) is 8.33. The third-order valence-electron chi connectivity index (χ3n) is 5.53. The molecule has 38 heavy (non-hydrogen) atoms. The zero-order valence-electron chi connectivity index (χ0n) is 21.1. The molecule has 0 aliphatic carbocycles. The van der Waals surface area contributed by atoms with Crippen LogP contribution in [0.1, 0.15) is 34.8 Å². The number of hydrogen-bond acceptors (Lipinski definition) is 7. The zero-order valence-corrected chi connectivity index (χ0v) is 21.1. The van der Waals surface area contributed by atoms with Crippen molar-refractivity contribution in [1.82, 2.24) is 5.32 Å². The van der Waals surface area contributed by atoms with E-state index in [1.807, 2.05) is 37.3 Å². The molecule has 0 aliphatic heterocycles. The number of carbonyl (C=O) groups is 2. The summed E-state index contributed by atoms with van der Waals surface area (Å²) in [6.07, 6.45) is 3.75. The van der Waals surface area contributed by atoms with Crippen LogP contribution in [-0.2, 0) is 11.3 Å². The molecule has 0 fully saturated rings. The fourth-order valence-corrected chi connectivity index (χ4v) is 3.62. The third kappa shape index (κ3) is 6.67. The predicted molar refractivity (Wildman–Crippen MR) is 144 cm³/mol. The molecule has 0 saturated heterocycles. The summed E-state index contributed by atoms with van der Waals surface area (Å²) in [5, 5.41) is 3.23. The largest absolute Gasteiger partial charge is 0.493 e. The molecule has 0 bridgehead atoms. The highest BCUT2D eigenvalue weighted by Crippen LogP contribution is 2.29. The maximum absolute atomic E-state index is 12.5. The van der Waals surface area contributed by atoms with Gasteiger partial charge in [-0.15, -0.1) is 0 Å². The minimum absolute atomic E-state index is 0.109. The molecule has 1 aromatic heterocycles. The summed E-state index contributed by atoms with van der Waals surface area (Å²) in [5.41, 5.74) is 0.930. The SMILES string of the molecule is CCCOc1ccc(/C=C/C(=O)Oc2ccc3cc(C(=O)NCc4ccccc4)c(=O)oc3c2)cc1OC. The topological polar surface area (TPSA) is 104 Å². The van der Waals surface area contributed by atoms with Gasteiger partial charge in [-0.1, -0.05) is 43.3 Å². The first-order chi connectivity index (χ1) is 18.5. The Hall–Kier alpha value is -4.85. The number of nitrogens with one attached hydrogen (secondary N) is 1. The number of fused-ring (bicyclic) bond motifs is 1. The van der Waals surface area contributed by atoms with Crippen LogP contribution in [0.25, 0.3) is 17.0 Å². The van der Waals surface area contributed by atoms with Gasteiger partial charge in [0.05, 0.1) is 13.7 Å². The van der Waals surface area contributed by atoms with Crippen molar-refractivity contribution in [3.05, 3.63) is 106 Å². The summed E-state index contributed by atoms with van der Waals surface area (Å²) in [4.78, 5) is 37.3. The quantitative estimate of drug-likeness (QED) is 0.136. The second kappa shape index (κ2) is 12.4. The zero-order chi connectivity index (χ0) is 26.9. The van der Waals surface area contributed by atoms with E-state index in [9.17, 15) is 14.4 Å². The van der Waals surface area contributed by atoms with Crippen molar-refractivity contribution in [1.29, 1.82) is 0 Å². The van der Waals surface area contributed by atoms with Gasteiger partial charge in [0, 0.05) is 24.1 Å². The molecule has 1 heterocycles. The highest BCUT2D eigenvalue weighted by atomic mass is 16.5. The first-order valence-electron chi connectivity index (χ1n) is 12.1. The van der Waals surface area contributed by atoms with Gasteiger partial charge in [0.2, 0.25) is 0 Å². The van der Waals surface area contributed by atoms with Crippen molar-refractivity contribution in [2.75, 3.05) is 13.7 Å². The van der Waals surface area contributed by atoms with Crippen LogP contribution in [0.4, 0.5) is 0 Å². The van der Waals surface area contributed by atoms with E-state index in [0.717, 1.165) is 17.5 Å². The van der Waals surface area contributed by atoms with Gasteiger partial charge in [-0.3, -0.25) is 4.79 Å². The Kier molecular flexibility index (Phi) is 8.56. The molecule has 0 unspecified atom stereocenters. The fourth-order valence-electron chi connectivity index (χ4n) is 3.62. The van der Waals surface area contributed by atoms with Crippen LogP contribution in [0.3, 0.4) is 0 Å². The third-order valence-corrected chi connectivity index (χ3v) is 5.53. The van der Waals surface area contributed by atoms with Gasteiger partial charge in [0.1, 0.15) is 16.9 Å². The van der Waals surface area contributed by atoms with Crippen LogP contribution in [-0.4, -0.2) is 25.6 Å². The Bertz CT molecular complexity index is 1520. The summed E-state index contributed by atoms with van der Waals surface area (Å²) >= 11 is 0. The van der Waals surface area contributed by atoms with Gasteiger partial charge in [-0.05, 0) is 54.0 Å². The van der Waals surface area contributed by atoms with Crippen LogP contribution < -0.4 is 25.2 Å². The Morgan fingerprint density at radius 2 is 1.79 bits per heavy atom.